The van der Waals surface area contributed by atoms with Crippen LogP contribution in [0, 0.1) is 0 Å². The van der Waals surface area contributed by atoms with Crippen LogP contribution in [0.5, 0.6) is 0 Å². The fourth-order valence-corrected chi connectivity index (χ4v) is 3.34. The maximum Gasteiger partial charge on any atom is 0.158 e. The highest BCUT2D eigenvalue weighted by Crippen LogP contribution is 2.29. The van der Waals surface area contributed by atoms with Gasteiger partial charge in [0.2, 0.25) is 0 Å². The number of hydrogen-bond acceptors (Lipinski definition) is 3. The van der Waals surface area contributed by atoms with Gasteiger partial charge in [0, 0.05) is 6.20 Å². The number of ketones is 1. The molecule has 1 aliphatic heterocycles. The first kappa shape index (κ1) is 12.9. The summed E-state index contributed by atoms with van der Waals surface area (Å²) in [6.45, 7) is 2.98. The molecule has 0 spiro atoms. The van der Waals surface area contributed by atoms with E-state index in [1.165, 1.54) is 25.7 Å². The van der Waals surface area contributed by atoms with Gasteiger partial charge in [0.25, 0.3) is 0 Å². The molecule has 1 unspecified atom stereocenters. The van der Waals surface area contributed by atoms with E-state index in [4.69, 9.17) is 0 Å². The van der Waals surface area contributed by atoms with Gasteiger partial charge in [0.1, 0.15) is 0 Å². The molecule has 1 saturated carbocycles. The van der Waals surface area contributed by atoms with Crippen molar-refractivity contribution in [2.75, 3.05) is 6.54 Å². The van der Waals surface area contributed by atoms with E-state index in [0.29, 0.717) is 12.5 Å². The van der Waals surface area contributed by atoms with E-state index >= 15 is 0 Å². The van der Waals surface area contributed by atoms with Crippen LogP contribution in [0.15, 0.2) is 12.3 Å². The van der Waals surface area contributed by atoms with E-state index < -0.39 is 0 Å². The van der Waals surface area contributed by atoms with Crippen molar-refractivity contribution in [1.82, 2.24) is 15.1 Å². The van der Waals surface area contributed by atoms with Crippen LogP contribution in [0.1, 0.15) is 57.2 Å². The summed E-state index contributed by atoms with van der Waals surface area (Å²) in [5.74, 6) is 0.279. The lowest BCUT2D eigenvalue weighted by Crippen LogP contribution is -2.45. The SMILES string of the molecule is CC1(C(=O)Cc2ccn(C3CCCC3)n2)CCCN1. The fraction of sp³-hybridized carbons (Fsp3) is 0.733. The van der Waals surface area contributed by atoms with Crippen LogP contribution in [-0.2, 0) is 11.2 Å². The van der Waals surface area contributed by atoms with Crippen molar-refractivity contribution in [2.24, 2.45) is 0 Å². The molecule has 0 radical (unpaired) electrons. The van der Waals surface area contributed by atoms with Crippen LogP contribution in [-0.4, -0.2) is 27.6 Å². The van der Waals surface area contributed by atoms with E-state index in [-0.39, 0.29) is 11.3 Å². The fourth-order valence-electron chi connectivity index (χ4n) is 3.34. The number of Topliss-reactive ketones (excluding diaryl/α,β-unsaturated/α-hetero) is 1. The predicted molar refractivity (Wildman–Crippen MR) is 74.1 cm³/mol. The first-order chi connectivity index (χ1) is 9.17. The van der Waals surface area contributed by atoms with Crippen LogP contribution in [0.25, 0.3) is 0 Å². The normalized spacial score (nSPS) is 28.1. The molecule has 2 heterocycles. The van der Waals surface area contributed by atoms with E-state index in [2.05, 4.69) is 15.1 Å². The van der Waals surface area contributed by atoms with Crippen molar-refractivity contribution < 1.29 is 4.79 Å². The van der Waals surface area contributed by atoms with Crippen molar-refractivity contribution in [3.63, 3.8) is 0 Å². The lowest BCUT2D eigenvalue weighted by atomic mass is 9.92. The highest BCUT2D eigenvalue weighted by Gasteiger charge is 2.35. The molecule has 1 aliphatic carbocycles. The molecule has 4 nitrogen and oxygen atoms in total. The van der Waals surface area contributed by atoms with E-state index in [1.54, 1.807) is 0 Å². The third-order valence-electron chi connectivity index (χ3n) is 4.69. The maximum atomic E-state index is 12.4. The quantitative estimate of drug-likeness (QED) is 0.904. The van der Waals surface area contributed by atoms with Crippen molar-refractivity contribution in [3.05, 3.63) is 18.0 Å². The maximum absolute atomic E-state index is 12.4. The summed E-state index contributed by atoms with van der Waals surface area (Å²) >= 11 is 0. The molecule has 104 valence electrons. The molecular weight excluding hydrogens is 238 g/mol. The average molecular weight is 261 g/mol. The topological polar surface area (TPSA) is 46.9 Å². The molecule has 1 N–H and O–H groups in total. The smallest absolute Gasteiger partial charge is 0.158 e. The molecule has 0 amide bonds. The average Bonchev–Trinajstić information content (AvgIpc) is 3.08. The molecule has 4 heteroatoms. The third kappa shape index (κ3) is 2.59. The Kier molecular flexibility index (Phi) is 3.44. The molecule has 1 saturated heterocycles. The second-order valence-electron chi connectivity index (χ2n) is 6.19. The van der Waals surface area contributed by atoms with Gasteiger partial charge in [-0.2, -0.15) is 5.10 Å². The van der Waals surface area contributed by atoms with Crippen LogP contribution in [0.3, 0.4) is 0 Å². The predicted octanol–water partition coefficient (Wildman–Crippen LogP) is 2.25. The van der Waals surface area contributed by atoms with Gasteiger partial charge in [-0.3, -0.25) is 9.48 Å². The minimum Gasteiger partial charge on any atom is -0.305 e. The molecule has 0 aromatic carbocycles. The van der Waals surface area contributed by atoms with Gasteiger partial charge in [-0.05, 0) is 45.2 Å². The van der Waals surface area contributed by atoms with Gasteiger partial charge in [-0.25, -0.2) is 0 Å². The van der Waals surface area contributed by atoms with Gasteiger partial charge in [0.15, 0.2) is 5.78 Å². The molecule has 19 heavy (non-hydrogen) atoms. The molecule has 2 aliphatic rings. The lowest BCUT2D eigenvalue weighted by molar-refractivity contribution is -0.123. The second kappa shape index (κ2) is 5.08. The first-order valence-electron chi connectivity index (χ1n) is 7.50. The summed E-state index contributed by atoms with van der Waals surface area (Å²) in [7, 11) is 0. The van der Waals surface area contributed by atoms with Crippen LogP contribution < -0.4 is 5.32 Å². The number of hydrogen-bond donors (Lipinski definition) is 1. The summed E-state index contributed by atoms with van der Waals surface area (Å²) in [5, 5.41) is 7.93. The molecular formula is C15H23N3O. The summed E-state index contributed by atoms with van der Waals surface area (Å²) in [6.07, 6.45) is 9.63. The number of rotatable bonds is 4. The summed E-state index contributed by atoms with van der Waals surface area (Å²) < 4.78 is 2.07. The van der Waals surface area contributed by atoms with Crippen LogP contribution in [0.4, 0.5) is 0 Å². The summed E-state index contributed by atoms with van der Waals surface area (Å²) in [5.41, 5.74) is 0.601. The molecule has 2 fully saturated rings. The zero-order chi connectivity index (χ0) is 13.3. The summed E-state index contributed by atoms with van der Waals surface area (Å²) in [4.78, 5) is 12.4. The molecule has 3 rings (SSSR count). The van der Waals surface area contributed by atoms with Gasteiger partial charge in [-0.15, -0.1) is 0 Å². The molecule has 1 aromatic heterocycles. The monoisotopic (exact) mass is 261 g/mol. The Hall–Kier alpha value is -1.16. The van der Waals surface area contributed by atoms with E-state index in [0.717, 1.165) is 25.1 Å². The number of nitrogens with one attached hydrogen (secondary N) is 1. The van der Waals surface area contributed by atoms with Gasteiger partial charge in [-0.1, -0.05) is 12.8 Å². The Morgan fingerprint density at radius 2 is 2.26 bits per heavy atom. The minimum atomic E-state index is -0.322. The number of carbonyl (C=O) groups excluding carboxylic acids is 1. The highest BCUT2D eigenvalue weighted by molar-refractivity contribution is 5.89. The van der Waals surface area contributed by atoms with Gasteiger partial charge in [0.05, 0.1) is 23.7 Å². The Morgan fingerprint density at radius 1 is 1.47 bits per heavy atom. The lowest BCUT2D eigenvalue weighted by Gasteiger charge is -2.21. The largest absolute Gasteiger partial charge is 0.305 e. The van der Waals surface area contributed by atoms with Crippen LogP contribution in [0.2, 0.25) is 0 Å². The zero-order valence-electron chi connectivity index (χ0n) is 11.7. The third-order valence-corrected chi connectivity index (χ3v) is 4.69. The summed E-state index contributed by atoms with van der Waals surface area (Å²) in [6, 6.07) is 2.57. The standard InChI is InChI=1S/C15H23N3O/c1-15(8-4-9-16-15)14(19)11-12-7-10-18(17-12)13-5-2-3-6-13/h7,10,13,16H,2-6,8-9,11H2,1H3. The van der Waals surface area contributed by atoms with Gasteiger partial charge >= 0.3 is 0 Å². The molecule has 1 atom stereocenters. The van der Waals surface area contributed by atoms with Crippen molar-refractivity contribution in [1.29, 1.82) is 0 Å². The number of aromatic nitrogens is 2. The van der Waals surface area contributed by atoms with E-state index in [1.807, 2.05) is 19.2 Å². The Labute approximate surface area is 114 Å². The highest BCUT2D eigenvalue weighted by atomic mass is 16.1. The van der Waals surface area contributed by atoms with Gasteiger partial charge < -0.3 is 5.32 Å². The zero-order valence-corrected chi connectivity index (χ0v) is 11.7. The second-order valence-corrected chi connectivity index (χ2v) is 6.19. The van der Waals surface area contributed by atoms with Crippen LogP contribution >= 0.6 is 0 Å². The molecule has 0 bridgehead atoms. The minimum absolute atomic E-state index is 0.279. The van der Waals surface area contributed by atoms with E-state index in [9.17, 15) is 4.79 Å². The number of carbonyl (C=O) groups is 1. The Balaban J connectivity index is 1.65. The first-order valence-corrected chi connectivity index (χ1v) is 7.50. The van der Waals surface area contributed by atoms with Crippen molar-refractivity contribution in [2.45, 2.75) is 63.5 Å². The van der Waals surface area contributed by atoms with Crippen molar-refractivity contribution in [3.8, 4) is 0 Å². The Morgan fingerprint density at radius 3 is 2.95 bits per heavy atom. The van der Waals surface area contributed by atoms with Crippen molar-refractivity contribution >= 4 is 5.78 Å². The number of nitrogens with zero attached hydrogens (tertiary/aromatic N) is 2. The molecule has 1 aromatic rings. The Bertz CT molecular complexity index is 454.